The maximum absolute atomic E-state index is 12.6. The molecule has 1 aromatic rings. The summed E-state index contributed by atoms with van der Waals surface area (Å²) < 4.78 is 5.65. The first-order valence-corrected chi connectivity index (χ1v) is 10.5. The van der Waals surface area contributed by atoms with Crippen LogP contribution in [0, 0.1) is 0 Å². The van der Waals surface area contributed by atoms with Gasteiger partial charge in [-0.2, -0.15) is 11.8 Å². The minimum atomic E-state index is -0.281. The predicted molar refractivity (Wildman–Crippen MR) is 108 cm³/mol. The smallest absolute Gasteiger partial charge is 0.260 e. The molecule has 2 fully saturated rings. The number of amides is 2. The summed E-state index contributed by atoms with van der Waals surface area (Å²) >= 11 is 7.04. The van der Waals surface area contributed by atoms with Gasteiger partial charge in [0.05, 0.1) is 5.69 Å². The van der Waals surface area contributed by atoms with E-state index in [1.165, 1.54) is 4.90 Å². The molecule has 0 saturated carbocycles. The lowest BCUT2D eigenvalue weighted by Gasteiger charge is -2.18. The van der Waals surface area contributed by atoms with E-state index >= 15 is 0 Å². The van der Waals surface area contributed by atoms with Crippen molar-refractivity contribution in [3.8, 4) is 5.75 Å². The minimum Gasteiger partial charge on any atom is -0.484 e. The van der Waals surface area contributed by atoms with E-state index < -0.39 is 0 Å². The van der Waals surface area contributed by atoms with Crippen LogP contribution < -0.4 is 15.0 Å². The molecule has 1 atom stereocenters. The van der Waals surface area contributed by atoms with Crippen molar-refractivity contribution in [2.75, 3.05) is 36.6 Å². The third kappa shape index (κ3) is 4.29. The van der Waals surface area contributed by atoms with Gasteiger partial charge in [0, 0.05) is 19.2 Å². The van der Waals surface area contributed by atoms with E-state index in [2.05, 4.69) is 5.32 Å². The van der Waals surface area contributed by atoms with Crippen LogP contribution >= 0.6 is 24.0 Å². The molecule has 0 unspecified atom stereocenters. The summed E-state index contributed by atoms with van der Waals surface area (Å²) in [5.74, 6) is 1.40. The number of benzene rings is 1. The van der Waals surface area contributed by atoms with Crippen LogP contribution in [0.4, 0.5) is 5.69 Å². The van der Waals surface area contributed by atoms with Gasteiger partial charge in [0.25, 0.3) is 11.8 Å². The Labute approximate surface area is 163 Å². The number of hydrogen-bond acceptors (Lipinski definition) is 5. The zero-order valence-corrected chi connectivity index (χ0v) is 16.4. The second-order valence-corrected chi connectivity index (χ2v) is 7.70. The first kappa shape index (κ1) is 19.0. The van der Waals surface area contributed by atoms with Gasteiger partial charge in [-0.25, -0.2) is 0 Å². The molecular formula is C18H23N3O3S2. The van der Waals surface area contributed by atoms with Gasteiger partial charge in [-0.3, -0.25) is 14.5 Å². The summed E-state index contributed by atoms with van der Waals surface area (Å²) in [5, 5.41) is 3.50. The van der Waals surface area contributed by atoms with Crippen molar-refractivity contribution in [2.24, 2.45) is 0 Å². The number of hydrogen-bond donors (Lipinski definition) is 1. The van der Waals surface area contributed by atoms with Crippen LogP contribution in [0.3, 0.4) is 0 Å². The fourth-order valence-electron chi connectivity index (χ4n) is 3.12. The summed E-state index contributed by atoms with van der Waals surface area (Å²) in [4.78, 5) is 28.1. The zero-order chi connectivity index (χ0) is 18.5. The number of nitrogens with zero attached hydrogens (tertiary/aromatic N) is 2. The molecule has 1 N–H and O–H groups in total. The molecule has 1 aromatic carbocycles. The molecule has 2 amide bonds. The Balaban J connectivity index is 1.64. The first-order chi connectivity index (χ1) is 12.6. The van der Waals surface area contributed by atoms with Crippen LogP contribution in [0.5, 0.6) is 5.75 Å². The van der Waals surface area contributed by atoms with Crippen LogP contribution in [0.25, 0.3) is 0 Å². The summed E-state index contributed by atoms with van der Waals surface area (Å²) in [6, 6.07) is 6.87. The Bertz CT molecular complexity index is 692. The van der Waals surface area contributed by atoms with Gasteiger partial charge in [0.15, 0.2) is 11.7 Å². The fourth-order valence-corrected chi connectivity index (χ4v) is 3.93. The number of ether oxygens (including phenoxy) is 1. The summed E-state index contributed by atoms with van der Waals surface area (Å²) in [5.41, 5.74) is 0.658. The van der Waals surface area contributed by atoms with E-state index in [4.69, 9.17) is 17.0 Å². The van der Waals surface area contributed by atoms with E-state index in [9.17, 15) is 9.59 Å². The summed E-state index contributed by atoms with van der Waals surface area (Å²) in [7, 11) is 0. The molecule has 2 saturated heterocycles. The lowest BCUT2D eigenvalue weighted by molar-refractivity contribution is -0.132. The highest BCUT2D eigenvalue weighted by Crippen LogP contribution is 2.25. The maximum atomic E-state index is 12.6. The number of carbonyl (C=O) groups excluding carboxylic acids is 2. The predicted octanol–water partition coefficient (Wildman–Crippen LogP) is 2.03. The molecule has 2 aliphatic heterocycles. The normalized spacial score (nSPS) is 19.8. The molecule has 0 aliphatic carbocycles. The van der Waals surface area contributed by atoms with Crippen LogP contribution in [0.1, 0.15) is 19.3 Å². The Kier molecular flexibility index (Phi) is 6.37. The van der Waals surface area contributed by atoms with Gasteiger partial charge in [-0.05, 0) is 55.6 Å². The minimum absolute atomic E-state index is 0.000492. The number of nitrogens with one attached hydrogen (secondary N) is 1. The highest BCUT2D eigenvalue weighted by molar-refractivity contribution is 7.98. The second-order valence-electron chi connectivity index (χ2n) is 6.33. The Hall–Kier alpha value is -1.80. The van der Waals surface area contributed by atoms with Gasteiger partial charge in [0.1, 0.15) is 11.8 Å². The lowest BCUT2D eigenvalue weighted by atomic mass is 10.2. The topological polar surface area (TPSA) is 61.9 Å². The number of thiocarbonyl (C=S) groups is 1. The summed E-state index contributed by atoms with van der Waals surface area (Å²) in [6.45, 7) is 1.63. The van der Waals surface area contributed by atoms with E-state index in [1.807, 2.05) is 17.2 Å². The number of anilines is 1. The van der Waals surface area contributed by atoms with Crippen LogP contribution in [0.2, 0.25) is 0 Å². The van der Waals surface area contributed by atoms with Crippen molar-refractivity contribution in [1.82, 2.24) is 10.2 Å². The monoisotopic (exact) mass is 393 g/mol. The van der Waals surface area contributed by atoms with Gasteiger partial charge in [-0.1, -0.05) is 6.07 Å². The molecule has 2 aliphatic rings. The molecule has 8 heteroatoms. The average molecular weight is 394 g/mol. The van der Waals surface area contributed by atoms with Crippen LogP contribution in [0.15, 0.2) is 24.3 Å². The van der Waals surface area contributed by atoms with E-state index in [0.29, 0.717) is 16.5 Å². The number of likely N-dealkylation sites (tertiary alicyclic amines) is 1. The molecule has 2 heterocycles. The molecular weight excluding hydrogens is 370 g/mol. The molecule has 0 bridgehead atoms. The highest BCUT2D eigenvalue weighted by Gasteiger charge is 2.36. The van der Waals surface area contributed by atoms with Crippen molar-refractivity contribution >= 4 is 46.6 Å². The third-order valence-electron chi connectivity index (χ3n) is 4.53. The molecule has 0 spiro atoms. The number of rotatable bonds is 7. The van der Waals surface area contributed by atoms with Gasteiger partial charge < -0.3 is 15.0 Å². The number of thioether (sulfide) groups is 1. The zero-order valence-electron chi connectivity index (χ0n) is 14.8. The number of carbonyl (C=O) groups is 2. The van der Waals surface area contributed by atoms with Crippen LogP contribution in [-0.4, -0.2) is 59.6 Å². The lowest BCUT2D eigenvalue weighted by Crippen LogP contribution is -2.32. The average Bonchev–Trinajstić information content (AvgIpc) is 3.27. The van der Waals surface area contributed by atoms with E-state index in [-0.39, 0.29) is 24.5 Å². The Morgan fingerprint density at radius 1 is 1.38 bits per heavy atom. The molecule has 0 radical (unpaired) electrons. The SMILES string of the molecule is CSCC[C@H]1NC(=S)N(c2cccc(OCC(=O)N3CCCC3)c2)C1=O. The van der Waals surface area contributed by atoms with Crippen molar-refractivity contribution in [2.45, 2.75) is 25.3 Å². The highest BCUT2D eigenvalue weighted by atomic mass is 32.2. The standard InChI is InChI=1S/C18H23N3O3S2/c1-26-10-7-15-17(23)21(18(25)19-15)13-5-4-6-14(11-13)24-12-16(22)20-8-2-3-9-20/h4-6,11,15H,2-3,7-10,12H2,1H3,(H,19,25)/t15-/m1/s1. The quantitative estimate of drug-likeness (QED) is 0.716. The van der Waals surface area contributed by atoms with Crippen molar-refractivity contribution in [3.63, 3.8) is 0 Å². The summed E-state index contributed by atoms with van der Waals surface area (Å²) in [6.07, 6.45) is 4.86. The second kappa shape index (κ2) is 8.73. The van der Waals surface area contributed by atoms with Crippen LogP contribution in [-0.2, 0) is 9.59 Å². The molecule has 0 aromatic heterocycles. The largest absolute Gasteiger partial charge is 0.484 e. The van der Waals surface area contributed by atoms with Gasteiger partial charge in [0.2, 0.25) is 0 Å². The van der Waals surface area contributed by atoms with Crippen molar-refractivity contribution in [3.05, 3.63) is 24.3 Å². The molecule has 26 heavy (non-hydrogen) atoms. The van der Waals surface area contributed by atoms with E-state index in [1.54, 1.807) is 30.0 Å². The maximum Gasteiger partial charge on any atom is 0.260 e. The Morgan fingerprint density at radius 2 is 2.15 bits per heavy atom. The third-order valence-corrected chi connectivity index (χ3v) is 5.47. The molecule has 3 rings (SSSR count). The van der Waals surface area contributed by atoms with E-state index in [0.717, 1.165) is 38.1 Å². The Morgan fingerprint density at radius 3 is 2.88 bits per heavy atom. The van der Waals surface area contributed by atoms with Gasteiger partial charge >= 0.3 is 0 Å². The fraction of sp³-hybridized carbons (Fsp3) is 0.500. The van der Waals surface area contributed by atoms with Crippen molar-refractivity contribution < 1.29 is 14.3 Å². The van der Waals surface area contributed by atoms with Crippen molar-refractivity contribution in [1.29, 1.82) is 0 Å². The first-order valence-electron chi connectivity index (χ1n) is 8.74. The van der Waals surface area contributed by atoms with Gasteiger partial charge in [-0.15, -0.1) is 0 Å². The molecule has 6 nitrogen and oxygen atoms in total. The molecule has 140 valence electrons.